The summed E-state index contributed by atoms with van der Waals surface area (Å²) in [5.74, 6) is -1.98. The fraction of sp³-hybridized carbons (Fsp3) is 0.462. The topological polar surface area (TPSA) is 56.8 Å². The summed E-state index contributed by atoms with van der Waals surface area (Å²) in [6, 6.07) is 3.24. The Morgan fingerprint density at radius 1 is 1.20 bits per heavy atom. The molecule has 5 nitrogen and oxygen atoms in total. The van der Waals surface area contributed by atoms with E-state index >= 15 is 0 Å². The van der Waals surface area contributed by atoms with Crippen LogP contribution < -0.4 is 10.1 Å². The van der Waals surface area contributed by atoms with Crippen molar-refractivity contribution in [1.29, 1.82) is 0 Å². The van der Waals surface area contributed by atoms with Crippen molar-refractivity contribution < 1.29 is 27.8 Å². The van der Waals surface area contributed by atoms with Gasteiger partial charge in [0.1, 0.15) is 19.0 Å². The number of carbonyl (C=O) groups excluding carboxylic acids is 1. The molecule has 1 aromatic carbocycles. The minimum absolute atomic E-state index is 0.0610. The third kappa shape index (κ3) is 6.44. The van der Waals surface area contributed by atoms with E-state index in [9.17, 15) is 13.6 Å². The van der Waals surface area contributed by atoms with Crippen LogP contribution in [0.15, 0.2) is 18.2 Å². The highest BCUT2D eigenvalue weighted by molar-refractivity contribution is 5.77. The summed E-state index contributed by atoms with van der Waals surface area (Å²) in [6.45, 7) is 1.09. The number of methoxy groups -OCH3 is 1. The molecule has 0 aliphatic heterocycles. The van der Waals surface area contributed by atoms with Gasteiger partial charge in [-0.3, -0.25) is 4.79 Å². The van der Waals surface area contributed by atoms with Crippen molar-refractivity contribution in [1.82, 2.24) is 5.32 Å². The number of ether oxygens (including phenoxy) is 3. The first-order valence-corrected chi connectivity index (χ1v) is 6.04. The molecule has 0 fully saturated rings. The lowest BCUT2D eigenvalue weighted by atomic mass is 10.3. The summed E-state index contributed by atoms with van der Waals surface area (Å²) >= 11 is 0. The summed E-state index contributed by atoms with van der Waals surface area (Å²) in [7, 11) is 1.54. The monoisotopic (exact) mass is 289 g/mol. The fourth-order valence-electron chi connectivity index (χ4n) is 1.28. The van der Waals surface area contributed by atoms with Gasteiger partial charge in [-0.15, -0.1) is 0 Å². The van der Waals surface area contributed by atoms with Gasteiger partial charge < -0.3 is 19.5 Å². The molecule has 0 aromatic heterocycles. The lowest BCUT2D eigenvalue weighted by molar-refractivity contribution is -0.126. The Bertz CT molecular complexity index is 429. The van der Waals surface area contributed by atoms with Gasteiger partial charge in [-0.1, -0.05) is 0 Å². The van der Waals surface area contributed by atoms with Crippen LogP contribution >= 0.6 is 0 Å². The normalized spacial score (nSPS) is 10.3. The first-order valence-electron chi connectivity index (χ1n) is 6.04. The quantitative estimate of drug-likeness (QED) is 0.692. The molecule has 112 valence electrons. The molecule has 0 saturated heterocycles. The molecule has 0 radical (unpaired) electrons. The lowest BCUT2D eigenvalue weighted by Crippen LogP contribution is -2.31. The van der Waals surface area contributed by atoms with E-state index in [4.69, 9.17) is 14.2 Å². The van der Waals surface area contributed by atoms with Crippen molar-refractivity contribution in [3.8, 4) is 5.75 Å². The Kier molecular flexibility index (Phi) is 7.52. The molecular weight excluding hydrogens is 272 g/mol. The number of benzene rings is 1. The molecule has 1 aromatic rings. The van der Waals surface area contributed by atoms with Crippen molar-refractivity contribution in [3.63, 3.8) is 0 Å². The van der Waals surface area contributed by atoms with Crippen LogP contribution in [-0.4, -0.2) is 46.0 Å². The zero-order valence-corrected chi connectivity index (χ0v) is 11.2. The molecule has 7 heteroatoms. The molecule has 0 aliphatic carbocycles. The van der Waals surface area contributed by atoms with Gasteiger partial charge in [0.15, 0.2) is 11.6 Å². The molecule has 0 heterocycles. The molecule has 0 saturated carbocycles. The summed E-state index contributed by atoms with van der Waals surface area (Å²) < 4.78 is 40.4. The van der Waals surface area contributed by atoms with E-state index in [1.165, 1.54) is 6.07 Å². The van der Waals surface area contributed by atoms with Crippen LogP contribution in [-0.2, 0) is 14.3 Å². The maximum atomic E-state index is 12.9. The number of hydrogen-bond donors (Lipinski definition) is 1. The number of hydrogen-bond acceptors (Lipinski definition) is 4. The molecule has 0 unspecified atom stereocenters. The second-order valence-corrected chi connectivity index (χ2v) is 3.82. The van der Waals surface area contributed by atoms with Crippen LogP contribution in [0.2, 0.25) is 0 Å². The number of rotatable bonds is 9. The summed E-state index contributed by atoms with van der Waals surface area (Å²) in [6.07, 6.45) is 0. The SMILES string of the molecule is COCCOCC(=O)NCCOc1ccc(F)c(F)c1. The van der Waals surface area contributed by atoms with Crippen molar-refractivity contribution in [2.24, 2.45) is 0 Å². The zero-order valence-electron chi connectivity index (χ0n) is 11.2. The second-order valence-electron chi connectivity index (χ2n) is 3.82. The van der Waals surface area contributed by atoms with Gasteiger partial charge in [-0.05, 0) is 12.1 Å². The van der Waals surface area contributed by atoms with Gasteiger partial charge >= 0.3 is 0 Å². The van der Waals surface area contributed by atoms with Crippen LogP contribution in [0.4, 0.5) is 8.78 Å². The molecule has 1 rings (SSSR count). The van der Waals surface area contributed by atoms with Crippen LogP contribution in [0.25, 0.3) is 0 Å². The predicted molar refractivity (Wildman–Crippen MR) is 67.6 cm³/mol. The van der Waals surface area contributed by atoms with Gasteiger partial charge in [0.05, 0.1) is 19.8 Å². The molecule has 0 atom stereocenters. The van der Waals surface area contributed by atoms with Crippen LogP contribution in [0.1, 0.15) is 0 Å². The fourth-order valence-corrected chi connectivity index (χ4v) is 1.28. The Balaban J connectivity index is 2.12. The summed E-state index contributed by atoms with van der Waals surface area (Å²) in [4.78, 5) is 11.3. The number of halogens is 2. The van der Waals surface area contributed by atoms with Crippen molar-refractivity contribution >= 4 is 5.91 Å². The van der Waals surface area contributed by atoms with E-state index in [0.717, 1.165) is 12.1 Å². The largest absolute Gasteiger partial charge is 0.492 e. The molecule has 1 N–H and O–H groups in total. The van der Waals surface area contributed by atoms with Crippen molar-refractivity contribution in [3.05, 3.63) is 29.8 Å². The van der Waals surface area contributed by atoms with Crippen molar-refractivity contribution in [2.75, 3.05) is 40.1 Å². The van der Waals surface area contributed by atoms with Gasteiger partial charge in [0, 0.05) is 13.2 Å². The van der Waals surface area contributed by atoms with E-state index in [0.29, 0.717) is 13.2 Å². The van der Waals surface area contributed by atoms with Gasteiger partial charge in [-0.2, -0.15) is 0 Å². The van der Waals surface area contributed by atoms with Gasteiger partial charge in [-0.25, -0.2) is 8.78 Å². The average molecular weight is 289 g/mol. The molecule has 20 heavy (non-hydrogen) atoms. The standard InChI is InChI=1S/C13H17F2NO4/c1-18-6-7-19-9-13(17)16-4-5-20-10-2-3-11(14)12(15)8-10/h2-3,8H,4-7,9H2,1H3,(H,16,17). The highest BCUT2D eigenvalue weighted by atomic mass is 19.2. The van der Waals surface area contributed by atoms with E-state index in [-0.39, 0.29) is 31.4 Å². The Labute approximate surface area is 115 Å². The number of amides is 1. The first-order chi connectivity index (χ1) is 9.63. The van der Waals surface area contributed by atoms with E-state index in [2.05, 4.69) is 5.32 Å². The zero-order chi connectivity index (χ0) is 14.8. The molecule has 0 bridgehead atoms. The summed E-state index contributed by atoms with van der Waals surface area (Å²) in [5, 5.41) is 2.56. The summed E-state index contributed by atoms with van der Waals surface area (Å²) in [5.41, 5.74) is 0. The smallest absolute Gasteiger partial charge is 0.246 e. The van der Waals surface area contributed by atoms with E-state index in [1.807, 2.05) is 0 Å². The van der Waals surface area contributed by atoms with E-state index in [1.54, 1.807) is 7.11 Å². The Morgan fingerprint density at radius 2 is 2.00 bits per heavy atom. The van der Waals surface area contributed by atoms with Crippen LogP contribution in [0, 0.1) is 11.6 Å². The minimum atomic E-state index is -0.974. The first kappa shape index (κ1) is 16.3. The molecule has 1 amide bonds. The highest BCUT2D eigenvalue weighted by Crippen LogP contribution is 2.14. The maximum Gasteiger partial charge on any atom is 0.246 e. The molecule has 0 spiro atoms. The minimum Gasteiger partial charge on any atom is -0.492 e. The van der Waals surface area contributed by atoms with Crippen molar-refractivity contribution in [2.45, 2.75) is 0 Å². The lowest BCUT2D eigenvalue weighted by Gasteiger charge is -2.08. The maximum absolute atomic E-state index is 12.9. The Hall–Kier alpha value is -1.73. The third-order valence-corrected chi connectivity index (χ3v) is 2.25. The Morgan fingerprint density at radius 3 is 2.70 bits per heavy atom. The number of nitrogens with one attached hydrogen (secondary N) is 1. The highest BCUT2D eigenvalue weighted by Gasteiger charge is 2.04. The predicted octanol–water partition coefficient (Wildman–Crippen LogP) is 1.12. The van der Waals surface area contributed by atoms with Crippen LogP contribution in [0.5, 0.6) is 5.75 Å². The average Bonchev–Trinajstić information content (AvgIpc) is 2.43. The number of carbonyl (C=O) groups is 1. The van der Waals surface area contributed by atoms with E-state index < -0.39 is 11.6 Å². The molecule has 0 aliphatic rings. The molecular formula is C13H17F2NO4. The second kappa shape index (κ2) is 9.22. The third-order valence-electron chi connectivity index (χ3n) is 2.25. The van der Waals surface area contributed by atoms with Gasteiger partial charge in [0.2, 0.25) is 5.91 Å². The van der Waals surface area contributed by atoms with Crippen LogP contribution in [0.3, 0.4) is 0 Å². The van der Waals surface area contributed by atoms with Gasteiger partial charge in [0.25, 0.3) is 0 Å².